The van der Waals surface area contributed by atoms with Crippen molar-refractivity contribution in [3.63, 3.8) is 0 Å². The molecule has 1 aromatic carbocycles. The third kappa shape index (κ3) is 2.99. The summed E-state index contributed by atoms with van der Waals surface area (Å²) in [6.45, 7) is 2.89. The SMILES string of the molecule is CCC(O)CCNC1CCc2cc(N)ccc21. The van der Waals surface area contributed by atoms with Crippen molar-refractivity contribution in [1.29, 1.82) is 0 Å². The minimum atomic E-state index is -0.171. The number of benzene rings is 1. The molecule has 94 valence electrons. The van der Waals surface area contributed by atoms with Crippen LogP contribution >= 0.6 is 0 Å². The molecule has 1 aliphatic carbocycles. The molecule has 0 heterocycles. The maximum absolute atomic E-state index is 9.51. The zero-order valence-electron chi connectivity index (χ0n) is 10.4. The summed E-state index contributed by atoms with van der Waals surface area (Å²) in [6.07, 6.45) is 3.74. The van der Waals surface area contributed by atoms with Crippen molar-refractivity contribution in [2.24, 2.45) is 0 Å². The Morgan fingerprint density at radius 1 is 1.53 bits per heavy atom. The van der Waals surface area contributed by atoms with E-state index in [4.69, 9.17) is 5.73 Å². The van der Waals surface area contributed by atoms with Crippen molar-refractivity contribution in [2.45, 2.75) is 44.8 Å². The molecule has 0 aromatic heterocycles. The van der Waals surface area contributed by atoms with E-state index in [1.165, 1.54) is 11.1 Å². The van der Waals surface area contributed by atoms with E-state index in [9.17, 15) is 5.11 Å². The van der Waals surface area contributed by atoms with Gasteiger partial charge in [0.25, 0.3) is 0 Å². The van der Waals surface area contributed by atoms with Crippen LogP contribution in [0.3, 0.4) is 0 Å². The molecule has 2 unspecified atom stereocenters. The number of nitrogen functional groups attached to an aromatic ring is 1. The van der Waals surface area contributed by atoms with Crippen molar-refractivity contribution in [3.8, 4) is 0 Å². The molecule has 0 aliphatic heterocycles. The lowest BCUT2D eigenvalue weighted by Gasteiger charge is -2.15. The third-order valence-corrected chi connectivity index (χ3v) is 3.58. The van der Waals surface area contributed by atoms with Gasteiger partial charge in [-0.25, -0.2) is 0 Å². The second kappa shape index (κ2) is 5.52. The largest absolute Gasteiger partial charge is 0.399 e. The van der Waals surface area contributed by atoms with E-state index in [1.54, 1.807) is 0 Å². The highest BCUT2D eigenvalue weighted by Gasteiger charge is 2.21. The summed E-state index contributed by atoms with van der Waals surface area (Å²) in [4.78, 5) is 0. The number of nitrogens with one attached hydrogen (secondary N) is 1. The van der Waals surface area contributed by atoms with Gasteiger partial charge in [-0.05, 0) is 55.5 Å². The van der Waals surface area contributed by atoms with Gasteiger partial charge < -0.3 is 16.2 Å². The number of rotatable bonds is 5. The Kier molecular flexibility index (Phi) is 4.02. The summed E-state index contributed by atoms with van der Waals surface area (Å²) >= 11 is 0. The molecule has 2 rings (SSSR count). The normalized spacial score (nSPS) is 20.2. The lowest BCUT2D eigenvalue weighted by atomic mass is 10.1. The molecule has 2 atom stereocenters. The highest BCUT2D eigenvalue weighted by molar-refractivity contribution is 5.47. The first-order valence-electron chi connectivity index (χ1n) is 6.50. The Morgan fingerprint density at radius 3 is 3.12 bits per heavy atom. The van der Waals surface area contributed by atoms with Gasteiger partial charge in [-0.15, -0.1) is 0 Å². The molecule has 4 N–H and O–H groups in total. The highest BCUT2D eigenvalue weighted by atomic mass is 16.3. The van der Waals surface area contributed by atoms with Crippen LogP contribution in [-0.4, -0.2) is 17.8 Å². The number of fused-ring (bicyclic) bond motifs is 1. The van der Waals surface area contributed by atoms with Gasteiger partial charge in [0, 0.05) is 11.7 Å². The molecule has 0 saturated carbocycles. The summed E-state index contributed by atoms with van der Waals surface area (Å²) in [5, 5.41) is 13.0. The van der Waals surface area contributed by atoms with Crippen molar-refractivity contribution < 1.29 is 5.11 Å². The van der Waals surface area contributed by atoms with Crippen LogP contribution in [0.25, 0.3) is 0 Å². The van der Waals surface area contributed by atoms with Crippen LogP contribution in [-0.2, 0) is 6.42 Å². The Hall–Kier alpha value is -1.06. The molecule has 0 saturated heterocycles. The Balaban J connectivity index is 1.89. The molecule has 1 aromatic rings. The maximum Gasteiger partial charge on any atom is 0.0549 e. The monoisotopic (exact) mass is 234 g/mol. The molecule has 17 heavy (non-hydrogen) atoms. The van der Waals surface area contributed by atoms with Crippen molar-refractivity contribution in [1.82, 2.24) is 5.32 Å². The van der Waals surface area contributed by atoms with Gasteiger partial charge in [0.05, 0.1) is 6.10 Å². The van der Waals surface area contributed by atoms with Crippen LogP contribution in [0.5, 0.6) is 0 Å². The van der Waals surface area contributed by atoms with Crippen LogP contribution in [0.1, 0.15) is 43.4 Å². The first-order valence-corrected chi connectivity index (χ1v) is 6.50. The fourth-order valence-electron chi connectivity index (χ4n) is 2.48. The summed E-state index contributed by atoms with van der Waals surface area (Å²) in [7, 11) is 0. The molecule has 0 fully saturated rings. The number of anilines is 1. The van der Waals surface area contributed by atoms with E-state index in [0.29, 0.717) is 6.04 Å². The Morgan fingerprint density at radius 2 is 2.35 bits per heavy atom. The van der Waals surface area contributed by atoms with E-state index in [1.807, 2.05) is 13.0 Å². The van der Waals surface area contributed by atoms with Crippen LogP contribution in [0.4, 0.5) is 5.69 Å². The molecule has 0 radical (unpaired) electrons. The van der Waals surface area contributed by atoms with E-state index in [0.717, 1.165) is 37.9 Å². The first kappa shape index (κ1) is 12.4. The highest BCUT2D eigenvalue weighted by Crippen LogP contribution is 2.32. The summed E-state index contributed by atoms with van der Waals surface area (Å²) in [5.74, 6) is 0. The van der Waals surface area contributed by atoms with Gasteiger partial charge in [-0.3, -0.25) is 0 Å². The van der Waals surface area contributed by atoms with Crippen molar-refractivity contribution in [3.05, 3.63) is 29.3 Å². The molecule has 0 amide bonds. The predicted molar refractivity (Wildman–Crippen MR) is 70.8 cm³/mol. The van der Waals surface area contributed by atoms with Gasteiger partial charge in [-0.1, -0.05) is 13.0 Å². The molecule has 1 aliphatic rings. The molecular weight excluding hydrogens is 212 g/mol. The molecular formula is C14H22N2O. The van der Waals surface area contributed by atoms with Crippen LogP contribution in [0, 0.1) is 0 Å². The maximum atomic E-state index is 9.51. The zero-order valence-corrected chi connectivity index (χ0v) is 10.4. The quantitative estimate of drug-likeness (QED) is 0.683. The van der Waals surface area contributed by atoms with Crippen molar-refractivity contribution >= 4 is 5.69 Å². The molecule has 0 spiro atoms. The van der Waals surface area contributed by atoms with Gasteiger partial charge in [0.15, 0.2) is 0 Å². The Labute approximate surface area is 103 Å². The fourth-order valence-corrected chi connectivity index (χ4v) is 2.48. The fraction of sp³-hybridized carbons (Fsp3) is 0.571. The number of aliphatic hydroxyl groups is 1. The number of nitrogens with two attached hydrogens (primary N) is 1. The topological polar surface area (TPSA) is 58.3 Å². The summed E-state index contributed by atoms with van der Waals surface area (Å²) in [5.41, 5.74) is 9.39. The zero-order chi connectivity index (χ0) is 12.3. The Bertz CT molecular complexity index is 378. The molecule has 3 nitrogen and oxygen atoms in total. The number of aryl methyl sites for hydroxylation is 1. The van der Waals surface area contributed by atoms with E-state index < -0.39 is 0 Å². The van der Waals surface area contributed by atoms with Gasteiger partial charge in [0.2, 0.25) is 0 Å². The molecule has 3 heteroatoms. The van der Waals surface area contributed by atoms with E-state index >= 15 is 0 Å². The number of hydrogen-bond donors (Lipinski definition) is 3. The average molecular weight is 234 g/mol. The smallest absolute Gasteiger partial charge is 0.0549 e. The van der Waals surface area contributed by atoms with E-state index in [-0.39, 0.29) is 6.10 Å². The van der Waals surface area contributed by atoms with Crippen LogP contribution in [0.2, 0.25) is 0 Å². The molecule has 0 bridgehead atoms. The summed E-state index contributed by atoms with van der Waals surface area (Å²) in [6, 6.07) is 6.62. The number of hydrogen-bond acceptors (Lipinski definition) is 3. The summed E-state index contributed by atoms with van der Waals surface area (Å²) < 4.78 is 0. The van der Waals surface area contributed by atoms with E-state index in [2.05, 4.69) is 17.4 Å². The predicted octanol–water partition coefficient (Wildman–Crippen LogP) is 2.01. The number of aliphatic hydroxyl groups excluding tert-OH is 1. The first-order chi connectivity index (χ1) is 8.20. The van der Waals surface area contributed by atoms with Crippen LogP contribution < -0.4 is 11.1 Å². The average Bonchev–Trinajstić information content (AvgIpc) is 2.71. The minimum absolute atomic E-state index is 0.171. The van der Waals surface area contributed by atoms with Crippen LogP contribution in [0.15, 0.2) is 18.2 Å². The minimum Gasteiger partial charge on any atom is -0.399 e. The van der Waals surface area contributed by atoms with Crippen molar-refractivity contribution in [2.75, 3.05) is 12.3 Å². The standard InChI is InChI=1S/C14H22N2O/c1-2-12(17)7-8-16-14-6-3-10-9-11(15)4-5-13(10)14/h4-5,9,12,14,16-17H,2-3,6-8,15H2,1H3. The second-order valence-corrected chi connectivity index (χ2v) is 4.85. The second-order valence-electron chi connectivity index (χ2n) is 4.85. The third-order valence-electron chi connectivity index (χ3n) is 3.58. The van der Waals surface area contributed by atoms with Gasteiger partial charge in [-0.2, -0.15) is 0 Å². The lowest BCUT2D eigenvalue weighted by molar-refractivity contribution is 0.158. The van der Waals surface area contributed by atoms with Gasteiger partial charge in [0.1, 0.15) is 0 Å². The lowest BCUT2D eigenvalue weighted by Crippen LogP contribution is -2.23. The van der Waals surface area contributed by atoms with Gasteiger partial charge >= 0.3 is 0 Å².